The van der Waals surface area contributed by atoms with Crippen LogP contribution in [-0.4, -0.2) is 51.0 Å². The van der Waals surface area contributed by atoms with Crippen molar-refractivity contribution in [3.63, 3.8) is 0 Å². The number of nitrogens with zero attached hydrogens (tertiary/aromatic N) is 5. The molecule has 4 heterocycles. The van der Waals surface area contributed by atoms with Gasteiger partial charge in [0.05, 0.1) is 43.6 Å². The maximum absolute atomic E-state index is 13.9. The third-order valence-electron chi connectivity index (χ3n) is 6.59. The zero-order valence-electron chi connectivity index (χ0n) is 19.8. The number of benzene rings is 2. The van der Waals surface area contributed by atoms with Gasteiger partial charge < -0.3 is 14.2 Å². The molecule has 1 fully saturated rings. The summed E-state index contributed by atoms with van der Waals surface area (Å²) < 4.78 is 20.5. The molecule has 1 unspecified atom stereocenters. The van der Waals surface area contributed by atoms with Crippen molar-refractivity contribution in [2.24, 2.45) is 0 Å². The third kappa shape index (κ3) is 3.42. The lowest BCUT2D eigenvalue weighted by atomic mass is 10.2. The Morgan fingerprint density at radius 2 is 1.83 bits per heavy atom. The van der Waals surface area contributed by atoms with E-state index in [1.165, 1.54) is 0 Å². The maximum atomic E-state index is 13.9. The number of ether oxygens (including phenoxy) is 3. The van der Waals surface area contributed by atoms with Gasteiger partial charge in [0.15, 0.2) is 11.3 Å². The molecule has 9 nitrogen and oxygen atoms in total. The minimum Gasteiger partial charge on any atom is -0.497 e. The Morgan fingerprint density at radius 1 is 1.03 bits per heavy atom. The van der Waals surface area contributed by atoms with Crippen LogP contribution in [0.5, 0.6) is 11.5 Å². The van der Waals surface area contributed by atoms with E-state index in [-0.39, 0.29) is 11.7 Å². The van der Waals surface area contributed by atoms with E-state index in [1.807, 2.05) is 54.0 Å². The summed E-state index contributed by atoms with van der Waals surface area (Å²) in [6, 6.07) is 13.1. The lowest BCUT2D eigenvalue weighted by Crippen LogP contribution is -2.29. The summed E-state index contributed by atoms with van der Waals surface area (Å²) in [4.78, 5) is 28.6. The van der Waals surface area contributed by atoms with Gasteiger partial charge in [-0.15, -0.1) is 0 Å². The first-order chi connectivity index (χ1) is 17.1. The molecule has 0 radical (unpaired) electrons. The van der Waals surface area contributed by atoms with Crippen molar-refractivity contribution in [3.8, 4) is 17.2 Å². The number of rotatable bonds is 5. The Morgan fingerprint density at radius 3 is 2.54 bits per heavy atom. The number of aromatic nitrogens is 5. The van der Waals surface area contributed by atoms with Crippen molar-refractivity contribution >= 4 is 33.2 Å². The first-order valence-corrected chi connectivity index (χ1v) is 11.6. The van der Waals surface area contributed by atoms with Gasteiger partial charge in [-0.1, -0.05) is 12.1 Å². The highest BCUT2D eigenvalue weighted by molar-refractivity contribution is 6.06. The molecular weight excluding hydrogens is 446 g/mol. The predicted molar refractivity (Wildman–Crippen MR) is 133 cm³/mol. The number of para-hydroxylation sites is 2. The Bertz CT molecular complexity index is 1650. The van der Waals surface area contributed by atoms with E-state index in [0.717, 1.165) is 25.0 Å². The molecule has 178 valence electrons. The first kappa shape index (κ1) is 21.5. The van der Waals surface area contributed by atoms with Gasteiger partial charge in [0.1, 0.15) is 28.2 Å². The van der Waals surface area contributed by atoms with E-state index in [4.69, 9.17) is 29.2 Å². The maximum Gasteiger partial charge on any atom is 0.265 e. The lowest BCUT2D eigenvalue weighted by Gasteiger charge is -2.15. The van der Waals surface area contributed by atoms with Gasteiger partial charge in [0.25, 0.3) is 5.56 Å². The molecule has 1 atom stereocenters. The molecule has 0 spiro atoms. The van der Waals surface area contributed by atoms with Crippen LogP contribution in [0.2, 0.25) is 0 Å². The number of methoxy groups -OCH3 is 2. The molecule has 0 N–H and O–H groups in total. The van der Waals surface area contributed by atoms with Crippen LogP contribution in [0.4, 0.5) is 0 Å². The summed E-state index contributed by atoms with van der Waals surface area (Å²) in [5.41, 5.74) is 3.46. The van der Waals surface area contributed by atoms with Crippen LogP contribution in [0.1, 0.15) is 18.7 Å². The number of fused-ring (bicyclic) bond motifs is 4. The number of aryl methyl sites for hydroxylation is 1. The molecule has 1 aliphatic rings. The molecule has 1 aliphatic heterocycles. The van der Waals surface area contributed by atoms with Crippen molar-refractivity contribution in [1.82, 2.24) is 24.1 Å². The summed E-state index contributed by atoms with van der Waals surface area (Å²) in [6.45, 7) is 3.03. The molecule has 0 saturated carbocycles. The molecule has 0 amide bonds. The fraction of sp³-hybridized carbons (Fsp3) is 0.308. The molecule has 3 aromatic heterocycles. The molecular formula is C26H25N5O4. The number of hydrogen-bond acceptors (Lipinski definition) is 7. The van der Waals surface area contributed by atoms with E-state index in [9.17, 15) is 4.79 Å². The van der Waals surface area contributed by atoms with Gasteiger partial charge in [-0.05, 0) is 44.0 Å². The predicted octanol–water partition coefficient (Wildman–Crippen LogP) is 3.79. The van der Waals surface area contributed by atoms with Crippen LogP contribution in [-0.2, 0) is 11.3 Å². The van der Waals surface area contributed by atoms with Crippen LogP contribution in [0.3, 0.4) is 0 Å². The van der Waals surface area contributed by atoms with Crippen molar-refractivity contribution in [3.05, 3.63) is 58.6 Å². The Hall–Kier alpha value is -3.98. The fourth-order valence-corrected chi connectivity index (χ4v) is 4.84. The highest BCUT2D eigenvalue weighted by Gasteiger charge is 2.25. The molecule has 9 heteroatoms. The van der Waals surface area contributed by atoms with Gasteiger partial charge in [-0.2, -0.15) is 0 Å². The van der Waals surface area contributed by atoms with Crippen molar-refractivity contribution in [1.29, 1.82) is 0 Å². The first-order valence-electron chi connectivity index (χ1n) is 11.6. The van der Waals surface area contributed by atoms with Gasteiger partial charge in [0.2, 0.25) is 0 Å². The molecule has 0 aliphatic carbocycles. The highest BCUT2D eigenvalue weighted by atomic mass is 16.5. The summed E-state index contributed by atoms with van der Waals surface area (Å²) in [5, 5.41) is 0.423. The van der Waals surface area contributed by atoms with Gasteiger partial charge >= 0.3 is 0 Å². The SMILES string of the molecule is COc1ccc(OC)c(-n2c3nc4ccccc4nc3c3c(=O)n(CC4CCCO4)c(C)nc32)c1. The standard InChI is InChI=1S/C26H25N5O4/c1-15-27-24-22(26(32)30(15)14-17-7-6-12-35-17)23-25(29-19-9-5-4-8-18(19)28-23)31(24)20-13-16(33-2)10-11-21(20)34-3/h4-5,8-11,13,17H,6-7,12,14H2,1-3H3. The lowest BCUT2D eigenvalue weighted by molar-refractivity contribution is 0.0955. The van der Waals surface area contributed by atoms with Crippen molar-refractivity contribution < 1.29 is 14.2 Å². The number of hydrogen-bond donors (Lipinski definition) is 0. The Labute approximate surface area is 200 Å². The van der Waals surface area contributed by atoms with Crippen LogP contribution in [0, 0.1) is 6.92 Å². The van der Waals surface area contributed by atoms with E-state index in [0.29, 0.717) is 57.3 Å². The van der Waals surface area contributed by atoms with E-state index in [2.05, 4.69) is 0 Å². The summed E-state index contributed by atoms with van der Waals surface area (Å²) in [7, 11) is 3.21. The van der Waals surface area contributed by atoms with E-state index >= 15 is 0 Å². The average Bonchev–Trinajstić information content (AvgIpc) is 3.50. The van der Waals surface area contributed by atoms with E-state index in [1.54, 1.807) is 18.8 Å². The minimum atomic E-state index is -0.154. The topological polar surface area (TPSA) is 93.3 Å². The van der Waals surface area contributed by atoms with Crippen molar-refractivity contribution in [2.75, 3.05) is 20.8 Å². The van der Waals surface area contributed by atoms with Gasteiger partial charge in [-0.25, -0.2) is 15.0 Å². The largest absolute Gasteiger partial charge is 0.497 e. The molecule has 35 heavy (non-hydrogen) atoms. The molecule has 0 bridgehead atoms. The van der Waals surface area contributed by atoms with Crippen LogP contribution >= 0.6 is 0 Å². The normalized spacial score (nSPS) is 15.9. The summed E-state index contributed by atoms with van der Waals surface area (Å²) >= 11 is 0. The zero-order valence-corrected chi connectivity index (χ0v) is 19.8. The molecule has 1 saturated heterocycles. The average molecular weight is 472 g/mol. The second kappa shape index (κ2) is 8.35. The molecule has 6 rings (SSSR count). The monoisotopic (exact) mass is 471 g/mol. The zero-order chi connectivity index (χ0) is 24.1. The van der Waals surface area contributed by atoms with E-state index < -0.39 is 0 Å². The third-order valence-corrected chi connectivity index (χ3v) is 6.59. The van der Waals surface area contributed by atoms with Crippen LogP contribution < -0.4 is 15.0 Å². The Balaban J connectivity index is 1.74. The second-order valence-electron chi connectivity index (χ2n) is 8.67. The molecule has 2 aromatic carbocycles. The van der Waals surface area contributed by atoms with Gasteiger partial charge in [-0.3, -0.25) is 13.9 Å². The smallest absolute Gasteiger partial charge is 0.265 e. The summed E-state index contributed by atoms with van der Waals surface area (Å²) in [6.07, 6.45) is 1.93. The Kier molecular flexibility index (Phi) is 5.14. The van der Waals surface area contributed by atoms with Crippen LogP contribution in [0.15, 0.2) is 47.3 Å². The molecule has 5 aromatic rings. The van der Waals surface area contributed by atoms with Gasteiger partial charge in [0, 0.05) is 12.7 Å². The fourth-order valence-electron chi connectivity index (χ4n) is 4.84. The van der Waals surface area contributed by atoms with Crippen LogP contribution in [0.25, 0.3) is 38.9 Å². The van der Waals surface area contributed by atoms with Crippen molar-refractivity contribution in [2.45, 2.75) is 32.4 Å². The highest BCUT2D eigenvalue weighted by Crippen LogP contribution is 2.34. The second-order valence-corrected chi connectivity index (χ2v) is 8.67. The minimum absolute atomic E-state index is 0.00407. The summed E-state index contributed by atoms with van der Waals surface area (Å²) in [5.74, 6) is 1.85. The quantitative estimate of drug-likeness (QED) is 0.385.